The Kier molecular flexibility index (Phi) is 78.3. The molecule has 5 heterocycles. The van der Waals surface area contributed by atoms with Gasteiger partial charge in [-0.15, -0.1) is 56.7 Å². The van der Waals surface area contributed by atoms with Crippen LogP contribution in [0.15, 0.2) is 0 Å². The number of hydrogen-bond acceptors (Lipinski definition) is 35. The van der Waals surface area contributed by atoms with Crippen LogP contribution in [-0.2, 0) is 94.7 Å². The molecule has 0 N–H and O–H groups in total. The van der Waals surface area contributed by atoms with Crippen molar-refractivity contribution >= 4 is 56.7 Å². The molecule has 0 bridgehead atoms. The summed E-state index contributed by atoms with van der Waals surface area (Å²) in [7, 11) is 0. The Balaban J connectivity index is 2.00. The molecule has 0 unspecified atom stereocenters. The molecule has 0 aliphatic heterocycles. The van der Waals surface area contributed by atoms with Gasteiger partial charge in [0, 0.05) is 75.8 Å². The molecule has 0 fully saturated rings. The average Bonchev–Trinajstić information content (AvgIpc) is 1.57. The first-order valence-corrected chi connectivity index (χ1v) is 54.4. The van der Waals surface area contributed by atoms with Crippen molar-refractivity contribution in [2.24, 2.45) is 0 Å². The molecule has 0 saturated heterocycles. The van der Waals surface area contributed by atoms with Crippen LogP contribution in [0.1, 0.15) is 173 Å². The lowest BCUT2D eigenvalue weighted by Crippen LogP contribution is -2.14. The second-order valence-electron chi connectivity index (χ2n) is 31.1. The summed E-state index contributed by atoms with van der Waals surface area (Å²) in [4.78, 5) is 6.77. The van der Waals surface area contributed by atoms with E-state index in [4.69, 9.17) is 142 Å². The van der Waals surface area contributed by atoms with Gasteiger partial charge < -0.3 is 177 Å². The molecule has 0 atom stereocenters. The van der Waals surface area contributed by atoms with Crippen molar-refractivity contribution in [2.45, 2.75) is 177 Å². The van der Waals surface area contributed by atoms with Crippen molar-refractivity contribution in [3.63, 3.8) is 0 Å². The highest BCUT2D eigenvalue weighted by atomic mass is 32.1. The van der Waals surface area contributed by atoms with E-state index >= 15 is 0 Å². The summed E-state index contributed by atoms with van der Waals surface area (Å²) in [5.74, 6) is 4.28. The lowest BCUT2D eigenvalue weighted by molar-refractivity contribution is 0.0324. The SMILES string of the molecule is [CH2-]CCCOCCOCCOc1c(C)sc(-c2sc(-c3sc(-c4sc(-c5sc(C)c(OCCOCCOCCCC)c5OCCOCCOCCC[CH2-])c(OCCOCCOCCCC)c4OCCOCCOCCC[CH2-])c(OCCOCCOCCCC)c3OCCOCCOCCC[CH2-])c(OCCOCCOCCCC)c2OCCOCCOCCC[CH2-])c1OCCOCCOCCCC. The first-order chi connectivity index (χ1) is 67.7. The fraction of sp³-hybridized carbons (Fsp3) is 0.755. The van der Waals surface area contributed by atoms with Gasteiger partial charge in [0.05, 0.1) is 237 Å². The van der Waals surface area contributed by atoms with Gasteiger partial charge in [-0.05, 0) is 46.0 Å². The van der Waals surface area contributed by atoms with Gasteiger partial charge in [-0.3, -0.25) is 0 Å². The normalized spacial score (nSPS) is 11.6. The van der Waals surface area contributed by atoms with Crippen LogP contribution in [0.2, 0.25) is 0 Å². The van der Waals surface area contributed by atoms with Crippen LogP contribution in [0.5, 0.6) is 57.5 Å². The third kappa shape index (κ3) is 54.5. The monoisotopic (exact) mass is 2040 g/mol. The summed E-state index contributed by atoms with van der Waals surface area (Å²) in [5, 5.41) is 0. The Bertz CT molecular complexity index is 3350. The minimum atomic E-state index is 0.0475. The summed E-state index contributed by atoms with van der Waals surface area (Å²) in [6.45, 7) is 51.6. The molecule has 5 aromatic rings. The molecule has 5 aromatic heterocycles. The summed E-state index contributed by atoms with van der Waals surface area (Å²) >= 11 is 7.30. The highest BCUT2D eigenvalue weighted by Crippen LogP contribution is 2.66. The molecule has 0 aromatic carbocycles. The molecule has 0 aliphatic rings. The number of ether oxygens (including phenoxy) is 30. The molecular weight excluding hydrogens is 1870 g/mol. The van der Waals surface area contributed by atoms with E-state index in [2.05, 4.69) is 69.2 Å². The summed E-state index contributed by atoms with van der Waals surface area (Å²) in [6.07, 6.45) is 17.9. The molecule has 30 nitrogen and oxygen atoms in total. The highest BCUT2D eigenvalue weighted by Gasteiger charge is 2.38. The molecule has 0 aliphatic carbocycles. The van der Waals surface area contributed by atoms with E-state index in [0.717, 1.165) is 138 Å². The summed E-state index contributed by atoms with van der Waals surface area (Å²) in [5.41, 5.74) is 0. The Morgan fingerprint density at radius 2 is 0.248 bits per heavy atom. The molecular formula is C102H171O30S5-5. The van der Waals surface area contributed by atoms with E-state index in [9.17, 15) is 0 Å². The van der Waals surface area contributed by atoms with Crippen molar-refractivity contribution in [1.29, 1.82) is 0 Å². The Morgan fingerprint density at radius 1 is 0.139 bits per heavy atom. The van der Waals surface area contributed by atoms with Gasteiger partial charge in [0.2, 0.25) is 0 Å². The van der Waals surface area contributed by atoms with Crippen molar-refractivity contribution in [2.75, 3.05) is 330 Å². The molecule has 5 rings (SSSR count). The third-order valence-corrected chi connectivity index (χ3v) is 25.9. The van der Waals surface area contributed by atoms with Crippen LogP contribution in [-0.4, -0.2) is 330 Å². The quantitative estimate of drug-likeness (QED) is 0.0258. The molecule has 137 heavy (non-hydrogen) atoms. The molecule has 0 saturated carbocycles. The van der Waals surface area contributed by atoms with E-state index in [1.165, 1.54) is 56.7 Å². The summed E-state index contributed by atoms with van der Waals surface area (Å²) in [6, 6.07) is 0. The van der Waals surface area contributed by atoms with Crippen molar-refractivity contribution in [3.05, 3.63) is 44.4 Å². The largest absolute Gasteiger partial charge is 0.486 e. The van der Waals surface area contributed by atoms with Gasteiger partial charge in [-0.25, -0.2) is 0 Å². The zero-order valence-corrected chi connectivity index (χ0v) is 88.4. The number of thiophene rings is 5. The smallest absolute Gasteiger partial charge is 0.181 e. The predicted molar refractivity (Wildman–Crippen MR) is 546 cm³/mol. The molecule has 0 spiro atoms. The van der Waals surface area contributed by atoms with E-state index in [1.54, 1.807) is 0 Å². The first kappa shape index (κ1) is 123. The van der Waals surface area contributed by atoms with Gasteiger partial charge >= 0.3 is 0 Å². The Hall–Kier alpha value is -4.30. The second kappa shape index (κ2) is 87.1. The van der Waals surface area contributed by atoms with Gasteiger partial charge in [-0.1, -0.05) is 98.8 Å². The van der Waals surface area contributed by atoms with Gasteiger partial charge in [0.25, 0.3) is 0 Å². The number of hydrogen-bond donors (Lipinski definition) is 0. The van der Waals surface area contributed by atoms with Crippen LogP contribution in [0.3, 0.4) is 0 Å². The van der Waals surface area contributed by atoms with Gasteiger partial charge in [0.1, 0.15) is 66.1 Å². The lowest BCUT2D eigenvalue weighted by Gasteiger charge is -2.15. The van der Waals surface area contributed by atoms with Crippen LogP contribution < -0.4 is 47.4 Å². The topological polar surface area (TPSA) is 277 Å². The third-order valence-electron chi connectivity index (χ3n) is 19.6. The average molecular weight is 2040 g/mol. The fourth-order valence-corrected chi connectivity index (χ4v) is 18.4. The zero-order valence-electron chi connectivity index (χ0n) is 84.3. The van der Waals surface area contributed by atoms with Crippen molar-refractivity contribution < 1.29 is 142 Å². The zero-order chi connectivity index (χ0) is 97.8. The maximum atomic E-state index is 7.40. The molecule has 0 radical (unpaired) electrons. The van der Waals surface area contributed by atoms with Crippen molar-refractivity contribution in [3.8, 4) is 96.5 Å². The maximum absolute atomic E-state index is 7.40. The van der Waals surface area contributed by atoms with Crippen LogP contribution in [0.25, 0.3) is 39.0 Å². The molecule has 794 valence electrons. The minimum absolute atomic E-state index is 0.0475. The van der Waals surface area contributed by atoms with Crippen LogP contribution >= 0.6 is 56.7 Å². The minimum Gasteiger partial charge on any atom is -0.486 e. The number of aryl methyl sites for hydroxylation is 2. The molecule has 0 amide bonds. The van der Waals surface area contributed by atoms with Crippen molar-refractivity contribution in [1.82, 2.24) is 0 Å². The number of rotatable bonds is 104. The van der Waals surface area contributed by atoms with Crippen LogP contribution in [0, 0.1) is 48.5 Å². The van der Waals surface area contributed by atoms with Crippen LogP contribution in [0.4, 0.5) is 0 Å². The first-order valence-electron chi connectivity index (χ1n) is 50.3. The van der Waals surface area contributed by atoms with E-state index in [1.807, 2.05) is 13.8 Å². The Labute approximate surface area is 841 Å². The highest BCUT2D eigenvalue weighted by molar-refractivity contribution is 7.31. The van der Waals surface area contributed by atoms with E-state index in [-0.39, 0.29) is 132 Å². The second-order valence-corrected chi connectivity index (χ2v) is 36.6. The number of unbranched alkanes of at least 4 members (excludes halogenated alkanes) is 10. The fourth-order valence-electron chi connectivity index (χ4n) is 12.3. The summed E-state index contributed by atoms with van der Waals surface area (Å²) < 4.78 is 194. The Morgan fingerprint density at radius 3 is 0.387 bits per heavy atom. The standard InChI is InChI=1S/C102H171O30S5/c1-13-23-33-103-43-53-113-63-73-123-85-83(11)133-95(87(85)125-75-65-115-55-45-105-35-25-15-3)97-89(127-77-67-117-57-47-107-37-27-17-5)91(129-79-69-119-59-49-109-39-29-19-7)99(135-97)101-93(131-81-71-121-61-51-111-41-31-21-9)94(132-82-72-122-62-52-112-42-32-22-10)102(137-101)100-92(130-80-70-120-60-50-110-40-30-20-8)90(128-78-68-118-58-48-108-38-28-18-6)98(136-100)96-88(126-76-66-116-56-46-106-36-26-16-4)86(84(12)134-96)124-74-64-114-54-44-104-34-24-14-2/h1,4-5,8-9,13-82H2,2-3,6-7,10-12H3/q-5. The van der Waals surface area contributed by atoms with E-state index < -0.39 is 0 Å². The van der Waals surface area contributed by atoms with Gasteiger partial charge in [0.15, 0.2) is 57.5 Å². The van der Waals surface area contributed by atoms with E-state index in [0.29, 0.717) is 295 Å². The predicted octanol–water partition coefficient (Wildman–Crippen LogP) is 20.5. The lowest BCUT2D eigenvalue weighted by atomic mass is 10.2. The molecule has 35 heteroatoms. The van der Waals surface area contributed by atoms with Gasteiger partial charge in [-0.2, -0.15) is 32.1 Å². The maximum Gasteiger partial charge on any atom is 0.181 e.